The molecular weight excluding hydrogens is 342 g/mol. The number of benzene rings is 1. The monoisotopic (exact) mass is 375 g/mol. The van der Waals surface area contributed by atoms with Crippen molar-refractivity contribution in [1.29, 1.82) is 0 Å². The first-order valence-electron chi connectivity index (χ1n) is 9.67. The van der Waals surface area contributed by atoms with E-state index in [0.717, 1.165) is 19.3 Å². The van der Waals surface area contributed by atoms with Gasteiger partial charge < -0.3 is 20.3 Å². The lowest BCUT2D eigenvalue weighted by Crippen LogP contribution is -2.48. The first-order valence-corrected chi connectivity index (χ1v) is 9.67. The standard InChI is InChI=1S/C21H33N3O3/c1-21(2,3)17-8-6-7-9-18(17)23-20(26)22-15-10-12-16(13-11-15)27-14-19(25)24(4)5/h10-13,17-18H,6-9,14H2,1-5H3,(H2,22,23,26). The van der Waals surface area contributed by atoms with Crippen molar-refractivity contribution in [2.45, 2.75) is 52.5 Å². The Morgan fingerprint density at radius 2 is 1.74 bits per heavy atom. The van der Waals surface area contributed by atoms with Gasteiger partial charge in [0.1, 0.15) is 5.75 Å². The van der Waals surface area contributed by atoms with E-state index in [9.17, 15) is 9.59 Å². The molecule has 0 saturated heterocycles. The second-order valence-corrected chi connectivity index (χ2v) is 8.56. The SMILES string of the molecule is CN(C)C(=O)COc1ccc(NC(=O)NC2CCCCC2C(C)(C)C)cc1. The summed E-state index contributed by atoms with van der Waals surface area (Å²) in [5.74, 6) is 0.982. The predicted molar refractivity (Wildman–Crippen MR) is 108 cm³/mol. The van der Waals surface area contributed by atoms with E-state index in [0.29, 0.717) is 17.4 Å². The minimum Gasteiger partial charge on any atom is -0.484 e. The van der Waals surface area contributed by atoms with E-state index in [-0.39, 0.29) is 30.0 Å². The highest BCUT2D eigenvalue weighted by Gasteiger charge is 2.34. The van der Waals surface area contributed by atoms with E-state index in [1.54, 1.807) is 38.4 Å². The molecular formula is C21H33N3O3. The average Bonchev–Trinajstić information content (AvgIpc) is 2.60. The van der Waals surface area contributed by atoms with Crippen LogP contribution in [0, 0.1) is 11.3 Å². The van der Waals surface area contributed by atoms with Crippen LogP contribution in [0.4, 0.5) is 10.5 Å². The van der Waals surface area contributed by atoms with Crippen molar-refractivity contribution >= 4 is 17.6 Å². The van der Waals surface area contributed by atoms with E-state index in [2.05, 4.69) is 31.4 Å². The van der Waals surface area contributed by atoms with E-state index in [1.165, 1.54) is 11.3 Å². The van der Waals surface area contributed by atoms with Crippen LogP contribution in [-0.2, 0) is 4.79 Å². The van der Waals surface area contributed by atoms with Gasteiger partial charge in [0.15, 0.2) is 6.61 Å². The number of nitrogens with one attached hydrogen (secondary N) is 2. The molecule has 2 rings (SSSR count). The summed E-state index contributed by atoms with van der Waals surface area (Å²) in [6.07, 6.45) is 4.59. The zero-order valence-corrected chi connectivity index (χ0v) is 17.2. The van der Waals surface area contributed by atoms with Gasteiger partial charge in [0.25, 0.3) is 5.91 Å². The molecule has 0 aromatic heterocycles. The van der Waals surface area contributed by atoms with Crippen LogP contribution in [-0.4, -0.2) is 43.6 Å². The van der Waals surface area contributed by atoms with Crippen LogP contribution in [0.3, 0.4) is 0 Å². The van der Waals surface area contributed by atoms with Gasteiger partial charge in [-0.2, -0.15) is 0 Å². The Balaban J connectivity index is 1.87. The van der Waals surface area contributed by atoms with Crippen LogP contribution >= 0.6 is 0 Å². The Hall–Kier alpha value is -2.24. The van der Waals surface area contributed by atoms with Crippen LogP contribution < -0.4 is 15.4 Å². The molecule has 27 heavy (non-hydrogen) atoms. The third-order valence-electron chi connectivity index (χ3n) is 5.17. The predicted octanol–water partition coefficient (Wildman–Crippen LogP) is 3.88. The minimum absolute atomic E-state index is 0.00384. The molecule has 0 bridgehead atoms. The number of urea groups is 1. The third-order valence-corrected chi connectivity index (χ3v) is 5.17. The van der Waals surface area contributed by atoms with Gasteiger partial charge in [-0.3, -0.25) is 4.79 Å². The van der Waals surface area contributed by atoms with Crippen LogP contribution in [0.2, 0.25) is 0 Å². The maximum absolute atomic E-state index is 12.4. The summed E-state index contributed by atoms with van der Waals surface area (Å²) >= 11 is 0. The van der Waals surface area contributed by atoms with Gasteiger partial charge in [-0.15, -0.1) is 0 Å². The van der Waals surface area contributed by atoms with Gasteiger partial charge in [0, 0.05) is 25.8 Å². The lowest BCUT2D eigenvalue weighted by Gasteiger charge is -2.40. The molecule has 3 amide bonds. The molecule has 6 nitrogen and oxygen atoms in total. The number of hydrogen-bond donors (Lipinski definition) is 2. The molecule has 2 atom stereocenters. The molecule has 150 valence electrons. The summed E-state index contributed by atoms with van der Waals surface area (Å²) in [4.78, 5) is 25.5. The molecule has 6 heteroatoms. The van der Waals surface area contributed by atoms with Gasteiger partial charge >= 0.3 is 6.03 Å². The fourth-order valence-electron chi connectivity index (χ4n) is 3.58. The maximum Gasteiger partial charge on any atom is 0.319 e. The number of nitrogens with zero attached hydrogens (tertiary/aromatic N) is 1. The number of likely N-dealkylation sites (N-methyl/N-ethyl adjacent to an activating group) is 1. The molecule has 0 aliphatic heterocycles. The Bertz CT molecular complexity index is 635. The van der Waals surface area contributed by atoms with Crippen molar-refractivity contribution < 1.29 is 14.3 Å². The van der Waals surface area contributed by atoms with E-state index >= 15 is 0 Å². The highest BCUT2D eigenvalue weighted by molar-refractivity contribution is 5.89. The second-order valence-electron chi connectivity index (χ2n) is 8.56. The van der Waals surface area contributed by atoms with Crippen molar-refractivity contribution in [2.75, 3.05) is 26.0 Å². The van der Waals surface area contributed by atoms with Gasteiger partial charge in [-0.25, -0.2) is 4.79 Å². The van der Waals surface area contributed by atoms with Crippen LogP contribution in [0.1, 0.15) is 46.5 Å². The van der Waals surface area contributed by atoms with Crippen molar-refractivity contribution in [2.24, 2.45) is 11.3 Å². The highest BCUT2D eigenvalue weighted by atomic mass is 16.5. The van der Waals surface area contributed by atoms with Crippen molar-refractivity contribution in [3.05, 3.63) is 24.3 Å². The molecule has 2 unspecified atom stereocenters. The quantitative estimate of drug-likeness (QED) is 0.820. The van der Waals surface area contributed by atoms with E-state index < -0.39 is 0 Å². The Kier molecular flexibility index (Phi) is 7.11. The Morgan fingerprint density at radius 1 is 1.11 bits per heavy atom. The zero-order chi connectivity index (χ0) is 20.0. The normalized spacial score (nSPS) is 19.9. The molecule has 1 aromatic carbocycles. The minimum atomic E-state index is -0.174. The second kappa shape index (κ2) is 9.11. The first kappa shape index (κ1) is 21.1. The molecule has 2 N–H and O–H groups in total. The Labute approximate surface area is 162 Å². The van der Waals surface area contributed by atoms with Crippen LogP contribution in [0.5, 0.6) is 5.75 Å². The number of carbonyl (C=O) groups excluding carboxylic acids is 2. The molecule has 1 aromatic rings. The summed E-state index contributed by atoms with van der Waals surface area (Å²) in [5.41, 5.74) is 0.878. The first-order chi connectivity index (χ1) is 12.7. The number of carbonyl (C=O) groups is 2. The smallest absolute Gasteiger partial charge is 0.319 e. The molecule has 0 heterocycles. The zero-order valence-electron chi connectivity index (χ0n) is 17.2. The van der Waals surface area contributed by atoms with Crippen LogP contribution in [0.15, 0.2) is 24.3 Å². The molecule has 0 spiro atoms. The maximum atomic E-state index is 12.4. The summed E-state index contributed by atoms with van der Waals surface area (Å²) in [7, 11) is 3.38. The van der Waals surface area contributed by atoms with Crippen molar-refractivity contribution in [1.82, 2.24) is 10.2 Å². The molecule has 1 aliphatic rings. The number of anilines is 1. The third kappa shape index (κ3) is 6.45. The average molecular weight is 376 g/mol. The number of hydrogen-bond acceptors (Lipinski definition) is 3. The molecule has 1 aliphatic carbocycles. The van der Waals surface area contributed by atoms with Gasteiger partial charge in [0.2, 0.25) is 0 Å². The lowest BCUT2D eigenvalue weighted by atomic mass is 9.69. The van der Waals surface area contributed by atoms with Gasteiger partial charge in [0.05, 0.1) is 0 Å². The number of rotatable bonds is 5. The number of amides is 3. The number of ether oxygens (including phenoxy) is 1. The van der Waals surface area contributed by atoms with Gasteiger partial charge in [-0.1, -0.05) is 33.6 Å². The van der Waals surface area contributed by atoms with E-state index in [1.807, 2.05) is 0 Å². The van der Waals surface area contributed by atoms with Crippen molar-refractivity contribution in [3.63, 3.8) is 0 Å². The summed E-state index contributed by atoms with van der Waals surface area (Å²) in [6.45, 7) is 6.73. The Morgan fingerprint density at radius 3 is 2.33 bits per heavy atom. The van der Waals surface area contributed by atoms with E-state index in [4.69, 9.17) is 4.74 Å². The molecule has 1 saturated carbocycles. The fourth-order valence-corrected chi connectivity index (χ4v) is 3.58. The highest BCUT2D eigenvalue weighted by Crippen LogP contribution is 2.38. The largest absolute Gasteiger partial charge is 0.484 e. The van der Waals surface area contributed by atoms with Crippen LogP contribution in [0.25, 0.3) is 0 Å². The molecule has 1 fully saturated rings. The van der Waals surface area contributed by atoms with Crippen molar-refractivity contribution in [3.8, 4) is 5.75 Å². The summed E-state index contributed by atoms with van der Waals surface area (Å²) in [6, 6.07) is 7.08. The fraction of sp³-hybridized carbons (Fsp3) is 0.619. The summed E-state index contributed by atoms with van der Waals surface area (Å²) in [5, 5.41) is 6.05. The van der Waals surface area contributed by atoms with Gasteiger partial charge in [-0.05, 0) is 48.4 Å². The topological polar surface area (TPSA) is 70.7 Å². The summed E-state index contributed by atoms with van der Waals surface area (Å²) < 4.78 is 5.44. The lowest BCUT2D eigenvalue weighted by molar-refractivity contribution is -0.130. The molecule has 0 radical (unpaired) electrons.